The third kappa shape index (κ3) is 1.81. The molecule has 0 aromatic carbocycles. The van der Waals surface area contributed by atoms with Gasteiger partial charge in [0.2, 0.25) is 0 Å². The second-order valence-corrected chi connectivity index (χ2v) is 6.08. The molecule has 3 aliphatic rings. The van der Waals surface area contributed by atoms with Crippen LogP contribution in [0.4, 0.5) is 0 Å². The fraction of sp³-hybridized carbons (Fsp3) is 0.867. The molecule has 2 fully saturated rings. The van der Waals surface area contributed by atoms with Crippen molar-refractivity contribution in [1.82, 2.24) is 0 Å². The van der Waals surface area contributed by atoms with Gasteiger partial charge in [-0.05, 0) is 44.9 Å². The summed E-state index contributed by atoms with van der Waals surface area (Å²) in [5.41, 5.74) is -1.97. The van der Waals surface area contributed by atoms with Crippen molar-refractivity contribution in [2.24, 2.45) is 0 Å². The maximum Gasteiger partial charge on any atom is 0.129 e. The number of hydrogen-bond acceptors (Lipinski definition) is 4. The van der Waals surface area contributed by atoms with Gasteiger partial charge in [0.1, 0.15) is 16.8 Å². The number of ether oxygens (including phenoxy) is 2. The van der Waals surface area contributed by atoms with Crippen LogP contribution in [0.1, 0.15) is 44.9 Å². The molecule has 4 heteroatoms. The van der Waals surface area contributed by atoms with Gasteiger partial charge in [0.05, 0.1) is 0 Å². The summed E-state index contributed by atoms with van der Waals surface area (Å²) < 4.78 is 12.2. The highest BCUT2D eigenvalue weighted by atomic mass is 16.6. The van der Waals surface area contributed by atoms with E-state index < -0.39 is 11.2 Å². The van der Waals surface area contributed by atoms with Crippen LogP contribution in [0.5, 0.6) is 0 Å². The number of rotatable bonds is 3. The first-order valence-electron chi connectivity index (χ1n) is 7.47. The molecule has 108 valence electrons. The predicted octanol–water partition coefficient (Wildman–Crippen LogP) is 1.55. The normalized spacial score (nSPS) is 45.6. The van der Waals surface area contributed by atoms with Crippen LogP contribution in [0.15, 0.2) is 12.2 Å². The van der Waals surface area contributed by atoms with E-state index >= 15 is 0 Å². The monoisotopic (exact) mass is 268 g/mol. The van der Waals surface area contributed by atoms with E-state index in [1.54, 1.807) is 0 Å². The highest BCUT2D eigenvalue weighted by Gasteiger charge is 2.66. The molecule has 1 aliphatic carbocycles. The molecule has 2 spiro atoms. The molecule has 2 aliphatic heterocycles. The number of aliphatic hydroxyl groups excluding tert-OH is 1. The molecule has 0 radical (unpaired) electrons. The molecule has 0 aromatic rings. The van der Waals surface area contributed by atoms with Crippen LogP contribution in [0.2, 0.25) is 0 Å². The lowest BCUT2D eigenvalue weighted by atomic mass is 9.62. The average molecular weight is 268 g/mol. The van der Waals surface area contributed by atoms with E-state index in [0.29, 0.717) is 19.4 Å². The zero-order valence-corrected chi connectivity index (χ0v) is 11.4. The average Bonchev–Trinajstić information content (AvgIpc) is 3.05. The summed E-state index contributed by atoms with van der Waals surface area (Å²) in [6.45, 7) is 1.55. The summed E-state index contributed by atoms with van der Waals surface area (Å²) >= 11 is 0. The number of aliphatic hydroxyl groups is 2. The van der Waals surface area contributed by atoms with E-state index in [0.717, 1.165) is 38.7 Å². The largest absolute Gasteiger partial charge is 0.396 e. The Labute approximate surface area is 114 Å². The van der Waals surface area contributed by atoms with Gasteiger partial charge in [-0.1, -0.05) is 12.2 Å². The molecule has 4 nitrogen and oxygen atoms in total. The van der Waals surface area contributed by atoms with Crippen molar-refractivity contribution < 1.29 is 19.7 Å². The Morgan fingerprint density at radius 1 is 1.11 bits per heavy atom. The van der Waals surface area contributed by atoms with Gasteiger partial charge in [0, 0.05) is 19.8 Å². The Balaban J connectivity index is 1.98. The first-order valence-corrected chi connectivity index (χ1v) is 7.47. The molecule has 0 aromatic heterocycles. The lowest BCUT2D eigenvalue weighted by Gasteiger charge is -2.55. The molecular weight excluding hydrogens is 244 g/mol. The van der Waals surface area contributed by atoms with Gasteiger partial charge in [-0.3, -0.25) is 0 Å². The number of fused-ring (bicyclic) bond motifs is 1. The molecule has 19 heavy (non-hydrogen) atoms. The Hall–Kier alpha value is -0.420. The van der Waals surface area contributed by atoms with Gasteiger partial charge in [-0.2, -0.15) is 0 Å². The van der Waals surface area contributed by atoms with Crippen molar-refractivity contribution in [3.05, 3.63) is 12.2 Å². The Bertz CT molecular complexity index is 353. The van der Waals surface area contributed by atoms with Gasteiger partial charge >= 0.3 is 0 Å². The van der Waals surface area contributed by atoms with Crippen LogP contribution in [0.25, 0.3) is 0 Å². The maximum atomic E-state index is 11.2. The third-order valence-corrected chi connectivity index (χ3v) is 5.12. The summed E-state index contributed by atoms with van der Waals surface area (Å²) in [6, 6.07) is 0. The summed E-state index contributed by atoms with van der Waals surface area (Å²) in [7, 11) is 0. The van der Waals surface area contributed by atoms with E-state index in [1.165, 1.54) is 0 Å². The third-order valence-electron chi connectivity index (χ3n) is 5.12. The summed E-state index contributed by atoms with van der Waals surface area (Å²) in [4.78, 5) is 0. The van der Waals surface area contributed by atoms with E-state index in [1.807, 2.05) is 12.2 Å². The quantitative estimate of drug-likeness (QED) is 0.762. The van der Waals surface area contributed by atoms with E-state index in [9.17, 15) is 5.11 Å². The maximum absolute atomic E-state index is 11.2. The predicted molar refractivity (Wildman–Crippen MR) is 70.9 cm³/mol. The lowest BCUT2D eigenvalue weighted by molar-refractivity contribution is -0.244. The van der Waals surface area contributed by atoms with E-state index in [-0.39, 0.29) is 12.2 Å². The van der Waals surface area contributed by atoms with Crippen LogP contribution in [-0.2, 0) is 9.47 Å². The van der Waals surface area contributed by atoms with Gasteiger partial charge in [-0.15, -0.1) is 0 Å². The summed E-state index contributed by atoms with van der Waals surface area (Å²) in [6.07, 6.45) is 9.69. The zero-order valence-electron chi connectivity index (χ0n) is 11.4. The molecule has 0 unspecified atom stereocenters. The molecule has 0 saturated carbocycles. The van der Waals surface area contributed by atoms with E-state index in [4.69, 9.17) is 14.6 Å². The van der Waals surface area contributed by atoms with Crippen LogP contribution >= 0.6 is 0 Å². The molecule has 2 heterocycles. The minimum Gasteiger partial charge on any atom is -0.396 e. The standard InChI is InChI=1S/C15H24O4/c16-10-2-6-13(17)5-1-7-14(8-3-11-18-14)15(13)9-4-12-19-15/h1,5,16-17H,2-4,6-12H2/t13-,14+,15+/m0/s1. The van der Waals surface area contributed by atoms with Crippen molar-refractivity contribution in [3.63, 3.8) is 0 Å². The fourth-order valence-corrected chi connectivity index (χ4v) is 4.29. The molecular formula is C15H24O4. The molecule has 3 atom stereocenters. The zero-order chi connectivity index (χ0) is 13.4. The Kier molecular flexibility index (Phi) is 3.46. The fourth-order valence-electron chi connectivity index (χ4n) is 4.29. The van der Waals surface area contributed by atoms with Gasteiger partial charge in [0.25, 0.3) is 0 Å². The molecule has 0 amide bonds. The highest BCUT2D eigenvalue weighted by Crippen LogP contribution is 2.55. The van der Waals surface area contributed by atoms with Gasteiger partial charge < -0.3 is 19.7 Å². The molecule has 0 bridgehead atoms. The van der Waals surface area contributed by atoms with Crippen LogP contribution in [0, 0.1) is 0 Å². The molecule has 3 rings (SSSR count). The van der Waals surface area contributed by atoms with Crippen LogP contribution in [-0.4, -0.2) is 46.8 Å². The molecule has 2 N–H and O–H groups in total. The minimum atomic E-state index is -1.01. The van der Waals surface area contributed by atoms with Crippen molar-refractivity contribution >= 4 is 0 Å². The van der Waals surface area contributed by atoms with Crippen LogP contribution in [0.3, 0.4) is 0 Å². The minimum absolute atomic E-state index is 0.0973. The lowest BCUT2D eigenvalue weighted by Crippen LogP contribution is -2.68. The van der Waals surface area contributed by atoms with Crippen molar-refractivity contribution in [1.29, 1.82) is 0 Å². The summed E-state index contributed by atoms with van der Waals surface area (Å²) in [5, 5.41) is 20.3. The Morgan fingerprint density at radius 3 is 2.53 bits per heavy atom. The SMILES string of the molecule is OCCC[C@@]1(O)C=CC[C@@]2(CCCO2)[C@@]12CCCO2. The van der Waals surface area contributed by atoms with Crippen LogP contribution < -0.4 is 0 Å². The second kappa shape index (κ2) is 4.85. The van der Waals surface area contributed by atoms with Crippen molar-refractivity contribution in [2.75, 3.05) is 19.8 Å². The topological polar surface area (TPSA) is 58.9 Å². The Morgan fingerprint density at radius 2 is 1.89 bits per heavy atom. The van der Waals surface area contributed by atoms with Crippen molar-refractivity contribution in [3.8, 4) is 0 Å². The summed E-state index contributed by atoms with van der Waals surface area (Å²) in [5.74, 6) is 0. The molecule has 2 saturated heterocycles. The first kappa shape index (κ1) is 13.6. The second-order valence-electron chi connectivity index (χ2n) is 6.08. The van der Waals surface area contributed by atoms with Crippen molar-refractivity contribution in [2.45, 2.75) is 61.7 Å². The smallest absolute Gasteiger partial charge is 0.129 e. The van der Waals surface area contributed by atoms with E-state index in [2.05, 4.69) is 0 Å². The van der Waals surface area contributed by atoms with Gasteiger partial charge in [0.15, 0.2) is 0 Å². The van der Waals surface area contributed by atoms with Gasteiger partial charge in [-0.25, -0.2) is 0 Å². The highest BCUT2D eigenvalue weighted by molar-refractivity contribution is 5.28. The first-order chi connectivity index (χ1) is 9.18. The number of hydrogen-bond donors (Lipinski definition) is 2.